The van der Waals surface area contributed by atoms with E-state index in [4.69, 9.17) is 10.5 Å². The van der Waals surface area contributed by atoms with E-state index in [-0.39, 0.29) is 17.4 Å². The fraction of sp³-hybridized carbons (Fsp3) is 0.909. The Morgan fingerprint density at radius 3 is 2.67 bits per heavy atom. The van der Waals surface area contributed by atoms with Crippen molar-refractivity contribution < 1.29 is 9.53 Å². The average Bonchev–Trinajstić information content (AvgIpc) is 2.16. The molecule has 1 aliphatic rings. The summed E-state index contributed by atoms with van der Waals surface area (Å²) in [6.45, 7) is 7.29. The van der Waals surface area contributed by atoms with E-state index in [1.807, 2.05) is 20.8 Å². The minimum absolute atomic E-state index is 0.0713. The Labute approximate surface area is 91.5 Å². The summed E-state index contributed by atoms with van der Waals surface area (Å²) >= 11 is 0. The first-order valence-corrected chi connectivity index (χ1v) is 5.60. The second-order valence-corrected chi connectivity index (χ2v) is 4.98. The van der Waals surface area contributed by atoms with Crippen molar-refractivity contribution >= 4 is 5.91 Å². The zero-order valence-corrected chi connectivity index (χ0v) is 9.88. The smallest absolute Gasteiger partial charge is 0.237 e. The molecule has 4 heteroatoms. The molecule has 1 rings (SSSR count). The van der Waals surface area contributed by atoms with Crippen LogP contribution in [0.2, 0.25) is 0 Å². The zero-order chi connectivity index (χ0) is 11.5. The average molecular weight is 214 g/mol. The molecule has 0 spiro atoms. The number of rotatable bonds is 3. The minimum Gasteiger partial charge on any atom is -0.379 e. The van der Waals surface area contributed by atoms with Crippen LogP contribution in [0.15, 0.2) is 0 Å². The van der Waals surface area contributed by atoms with Crippen LogP contribution in [-0.2, 0) is 9.53 Å². The lowest BCUT2D eigenvalue weighted by molar-refractivity contribution is -0.126. The van der Waals surface area contributed by atoms with Crippen LogP contribution in [0.5, 0.6) is 0 Å². The molecule has 0 aliphatic carbocycles. The highest BCUT2D eigenvalue weighted by atomic mass is 16.5. The van der Waals surface area contributed by atoms with Crippen LogP contribution >= 0.6 is 0 Å². The van der Waals surface area contributed by atoms with Crippen LogP contribution in [0.1, 0.15) is 33.6 Å². The van der Waals surface area contributed by atoms with Crippen LogP contribution in [0, 0.1) is 5.92 Å². The standard InChI is InChI=1S/C11H22N2O2/c1-8(2)9(12)10(14)13-11(3)5-4-6-15-7-11/h8-9H,4-7,12H2,1-3H3,(H,13,14)/t9-,11?/m0/s1. The number of hydrogen-bond acceptors (Lipinski definition) is 3. The van der Waals surface area contributed by atoms with Gasteiger partial charge in [0.1, 0.15) is 0 Å². The predicted octanol–water partition coefficient (Wildman–Crippen LogP) is 0.655. The Hall–Kier alpha value is -0.610. The molecule has 88 valence electrons. The molecule has 1 saturated heterocycles. The van der Waals surface area contributed by atoms with Gasteiger partial charge in [0.25, 0.3) is 0 Å². The molecule has 1 aliphatic heterocycles. The van der Waals surface area contributed by atoms with E-state index in [0.29, 0.717) is 6.61 Å². The predicted molar refractivity (Wildman–Crippen MR) is 59.4 cm³/mol. The molecule has 4 nitrogen and oxygen atoms in total. The Bertz CT molecular complexity index is 223. The summed E-state index contributed by atoms with van der Waals surface area (Å²) in [5.74, 6) is 0.0936. The number of hydrogen-bond donors (Lipinski definition) is 2. The highest BCUT2D eigenvalue weighted by Crippen LogP contribution is 2.18. The first kappa shape index (κ1) is 12.5. The third kappa shape index (κ3) is 3.47. The second kappa shape index (κ2) is 4.94. The largest absolute Gasteiger partial charge is 0.379 e. The lowest BCUT2D eigenvalue weighted by Crippen LogP contribution is -2.56. The summed E-state index contributed by atoms with van der Waals surface area (Å²) in [5, 5.41) is 2.99. The molecule has 15 heavy (non-hydrogen) atoms. The lowest BCUT2D eigenvalue weighted by Gasteiger charge is -2.35. The first-order valence-electron chi connectivity index (χ1n) is 5.60. The summed E-state index contributed by atoms with van der Waals surface area (Å²) in [6, 6.07) is -0.427. The Morgan fingerprint density at radius 2 is 2.20 bits per heavy atom. The van der Waals surface area contributed by atoms with Crippen molar-refractivity contribution in [1.82, 2.24) is 5.32 Å². The van der Waals surface area contributed by atoms with Gasteiger partial charge in [-0.3, -0.25) is 4.79 Å². The van der Waals surface area contributed by atoms with Crippen molar-refractivity contribution in [2.24, 2.45) is 11.7 Å². The quantitative estimate of drug-likeness (QED) is 0.725. The first-order chi connectivity index (χ1) is 6.94. The van der Waals surface area contributed by atoms with Gasteiger partial charge in [0, 0.05) is 6.61 Å². The van der Waals surface area contributed by atoms with Crippen molar-refractivity contribution in [2.75, 3.05) is 13.2 Å². The molecule has 1 heterocycles. The van der Waals surface area contributed by atoms with Gasteiger partial charge >= 0.3 is 0 Å². The maximum atomic E-state index is 11.8. The van der Waals surface area contributed by atoms with Gasteiger partial charge in [0.05, 0.1) is 18.2 Å². The molecule has 0 aromatic heterocycles. The molecule has 1 unspecified atom stereocenters. The van der Waals surface area contributed by atoms with Crippen LogP contribution in [0.4, 0.5) is 0 Å². The molecular formula is C11H22N2O2. The number of ether oxygens (including phenoxy) is 1. The van der Waals surface area contributed by atoms with Crippen LogP contribution < -0.4 is 11.1 Å². The van der Waals surface area contributed by atoms with Gasteiger partial charge in [-0.1, -0.05) is 13.8 Å². The van der Waals surface area contributed by atoms with Crippen molar-refractivity contribution in [3.05, 3.63) is 0 Å². The lowest BCUT2D eigenvalue weighted by atomic mass is 9.93. The highest BCUT2D eigenvalue weighted by Gasteiger charge is 2.31. The van der Waals surface area contributed by atoms with E-state index < -0.39 is 6.04 Å². The fourth-order valence-corrected chi connectivity index (χ4v) is 1.72. The number of carbonyl (C=O) groups excluding carboxylic acids is 1. The molecule has 1 amide bonds. The van der Waals surface area contributed by atoms with Gasteiger partial charge in [-0.2, -0.15) is 0 Å². The number of nitrogens with two attached hydrogens (primary N) is 1. The topological polar surface area (TPSA) is 64.4 Å². The van der Waals surface area contributed by atoms with E-state index >= 15 is 0 Å². The number of carbonyl (C=O) groups is 1. The fourth-order valence-electron chi connectivity index (χ4n) is 1.72. The molecule has 0 aromatic rings. The summed E-state index contributed by atoms with van der Waals surface area (Å²) in [7, 11) is 0. The van der Waals surface area contributed by atoms with Gasteiger partial charge in [-0.25, -0.2) is 0 Å². The number of amides is 1. The van der Waals surface area contributed by atoms with Gasteiger partial charge < -0.3 is 15.8 Å². The van der Waals surface area contributed by atoms with Crippen molar-refractivity contribution in [3.63, 3.8) is 0 Å². The highest BCUT2D eigenvalue weighted by molar-refractivity contribution is 5.82. The molecule has 0 bridgehead atoms. The maximum absolute atomic E-state index is 11.8. The monoisotopic (exact) mass is 214 g/mol. The van der Waals surface area contributed by atoms with Crippen molar-refractivity contribution in [3.8, 4) is 0 Å². The molecular weight excluding hydrogens is 192 g/mol. The molecule has 2 atom stereocenters. The normalized spacial score (nSPS) is 28.9. The third-order valence-electron chi connectivity index (χ3n) is 2.88. The van der Waals surface area contributed by atoms with Crippen molar-refractivity contribution in [2.45, 2.75) is 45.2 Å². The van der Waals surface area contributed by atoms with E-state index in [2.05, 4.69) is 5.32 Å². The Morgan fingerprint density at radius 1 is 1.53 bits per heavy atom. The second-order valence-electron chi connectivity index (χ2n) is 4.98. The molecule has 1 fully saturated rings. The summed E-state index contributed by atoms with van der Waals surface area (Å²) < 4.78 is 5.37. The molecule has 0 aromatic carbocycles. The SMILES string of the molecule is CC(C)[C@H](N)C(=O)NC1(C)CCCOC1. The van der Waals surface area contributed by atoms with Crippen LogP contribution in [0.3, 0.4) is 0 Å². The third-order valence-corrected chi connectivity index (χ3v) is 2.88. The van der Waals surface area contributed by atoms with E-state index in [1.165, 1.54) is 0 Å². The Kier molecular flexibility index (Phi) is 4.11. The molecule has 3 N–H and O–H groups in total. The van der Waals surface area contributed by atoms with E-state index in [9.17, 15) is 4.79 Å². The van der Waals surface area contributed by atoms with Gasteiger partial charge in [0.15, 0.2) is 0 Å². The van der Waals surface area contributed by atoms with E-state index in [1.54, 1.807) is 0 Å². The molecule has 0 radical (unpaired) electrons. The van der Waals surface area contributed by atoms with E-state index in [0.717, 1.165) is 19.4 Å². The summed E-state index contributed by atoms with van der Waals surface area (Å²) in [4.78, 5) is 11.8. The van der Waals surface area contributed by atoms with Crippen LogP contribution in [-0.4, -0.2) is 30.7 Å². The van der Waals surface area contributed by atoms with Gasteiger partial charge in [-0.15, -0.1) is 0 Å². The van der Waals surface area contributed by atoms with Gasteiger partial charge in [-0.05, 0) is 25.7 Å². The Balaban J connectivity index is 2.49. The number of nitrogens with one attached hydrogen (secondary N) is 1. The molecule has 0 saturated carbocycles. The zero-order valence-electron chi connectivity index (χ0n) is 9.88. The van der Waals surface area contributed by atoms with Crippen molar-refractivity contribution in [1.29, 1.82) is 0 Å². The summed E-state index contributed by atoms with van der Waals surface area (Å²) in [6.07, 6.45) is 1.96. The maximum Gasteiger partial charge on any atom is 0.237 e. The minimum atomic E-state index is -0.427. The van der Waals surface area contributed by atoms with Gasteiger partial charge in [0.2, 0.25) is 5.91 Å². The summed E-state index contributed by atoms with van der Waals surface area (Å²) in [5.41, 5.74) is 5.55. The van der Waals surface area contributed by atoms with Crippen LogP contribution in [0.25, 0.3) is 0 Å².